The molecular weight excluding hydrogens is 767 g/mol. The fourth-order valence-electron chi connectivity index (χ4n) is 8.02. The van der Waals surface area contributed by atoms with Gasteiger partial charge in [0.2, 0.25) is 5.91 Å². The third kappa shape index (κ3) is 44.4. The van der Waals surface area contributed by atoms with Crippen LogP contribution in [0.4, 0.5) is 0 Å². The summed E-state index contributed by atoms with van der Waals surface area (Å²) in [6, 6.07) is -0.708. The fraction of sp³-hybridized carbons (Fsp3) is 0.821. The van der Waals surface area contributed by atoms with Crippen LogP contribution in [0, 0.1) is 0 Å². The molecule has 6 heteroatoms. The first-order valence-corrected chi connectivity index (χ1v) is 26.9. The van der Waals surface area contributed by atoms with Crippen molar-refractivity contribution in [1.82, 2.24) is 5.32 Å². The molecule has 3 atom stereocenters. The van der Waals surface area contributed by atoms with E-state index >= 15 is 0 Å². The van der Waals surface area contributed by atoms with E-state index in [0.29, 0.717) is 19.3 Å². The largest absolute Gasteiger partial charge is 0.462 e. The van der Waals surface area contributed by atoms with Gasteiger partial charge in [0.25, 0.3) is 0 Å². The number of nitrogens with one attached hydrogen (secondary N) is 1. The van der Waals surface area contributed by atoms with Gasteiger partial charge in [-0.05, 0) is 89.9 Å². The highest BCUT2D eigenvalue weighted by Crippen LogP contribution is 2.18. The molecule has 0 saturated carbocycles. The van der Waals surface area contributed by atoms with Gasteiger partial charge >= 0.3 is 5.97 Å². The number of esters is 1. The Morgan fingerprint density at radius 1 is 0.468 bits per heavy atom. The van der Waals surface area contributed by atoms with Crippen LogP contribution >= 0.6 is 0 Å². The molecule has 0 heterocycles. The SMILES string of the molecule is CCCCC/C=C\C/C=C\C/C=C\CCCCCCC(=O)OC(CCCCCCC/C=C/CCCCCCCC)CC(=O)NC(CO)C(O)CCCCCCCCCCCCC. The predicted octanol–water partition coefficient (Wildman–Crippen LogP) is 16.2. The second kappa shape index (κ2) is 49.8. The molecule has 362 valence electrons. The Morgan fingerprint density at radius 3 is 1.29 bits per heavy atom. The first kappa shape index (κ1) is 59.8. The van der Waals surface area contributed by atoms with Gasteiger partial charge in [-0.25, -0.2) is 0 Å². The van der Waals surface area contributed by atoms with E-state index in [1.165, 1.54) is 135 Å². The Morgan fingerprint density at radius 2 is 0.823 bits per heavy atom. The van der Waals surface area contributed by atoms with Crippen LogP contribution in [0.15, 0.2) is 48.6 Å². The molecule has 3 N–H and O–H groups in total. The molecule has 3 unspecified atom stereocenters. The average Bonchev–Trinajstić information content (AvgIpc) is 3.26. The summed E-state index contributed by atoms with van der Waals surface area (Å²) in [6.07, 6.45) is 60.2. The summed E-state index contributed by atoms with van der Waals surface area (Å²) in [6.45, 7) is 6.45. The van der Waals surface area contributed by atoms with Gasteiger partial charge in [0, 0.05) is 6.42 Å². The highest BCUT2D eigenvalue weighted by Gasteiger charge is 2.24. The third-order valence-electron chi connectivity index (χ3n) is 12.1. The lowest BCUT2D eigenvalue weighted by Crippen LogP contribution is -2.46. The topological polar surface area (TPSA) is 95.9 Å². The molecule has 0 aliphatic rings. The number of hydrogen-bond donors (Lipinski definition) is 3. The van der Waals surface area contributed by atoms with E-state index in [1.54, 1.807) is 0 Å². The highest BCUT2D eigenvalue weighted by atomic mass is 16.5. The molecule has 0 aromatic heterocycles. The number of hydrogen-bond acceptors (Lipinski definition) is 5. The zero-order valence-electron chi connectivity index (χ0n) is 41.3. The predicted molar refractivity (Wildman–Crippen MR) is 269 cm³/mol. The molecule has 0 rings (SSSR count). The van der Waals surface area contributed by atoms with E-state index in [9.17, 15) is 19.8 Å². The summed E-state index contributed by atoms with van der Waals surface area (Å²) in [4.78, 5) is 26.2. The molecule has 0 spiro atoms. The van der Waals surface area contributed by atoms with E-state index < -0.39 is 18.2 Å². The zero-order valence-corrected chi connectivity index (χ0v) is 41.3. The van der Waals surface area contributed by atoms with Crippen molar-refractivity contribution in [2.75, 3.05) is 6.61 Å². The van der Waals surface area contributed by atoms with Gasteiger partial charge in [0.05, 0.1) is 25.2 Å². The molecule has 0 fully saturated rings. The first-order chi connectivity index (χ1) is 30.5. The van der Waals surface area contributed by atoms with Crippen molar-refractivity contribution in [2.24, 2.45) is 0 Å². The maximum atomic E-state index is 13.2. The Bertz CT molecular complexity index is 1070. The molecule has 62 heavy (non-hydrogen) atoms. The molecule has 0 aliphatic heterocycles. The van der Waals surface area contributed by atoms with Crippen LogP contribution in [0.1, 0.15) is 271 Å². The molecule has 0 bridgehead atoms. The maximum Gasteiger partial charge on any atom is 0.306 e. The van der Waals surface area contributed by atoms with Crippen LogP contribution in [0.25, 0.3) is 0 Å². The zero-order chi connectivity index (χ0) is 45.2. The highest BCUT2D eigenvalue weighted by molar-refractivity contribution is 5.77. The average molecular weight is 870 g/mol. The van der Waals surface area contributed by atoms with Crippen LogP contribution in [-0.2, 0) is 14.3 Å². The Kier molecular flexibility index (Phi) is 48.1. The monoisotopic (exact) mass is 870 g/mol. The van der Waals surface area contributed by atoms with Crippen molar-refractivity contribution < 1.29 is 24.5 Å². The van der Waals surface area contributed by atoms with Gasteiger partial charge in [0.1, 0.15) is 6.10 Å². The molecule has 6 nitrogen and oxygen atoms in total. The minimum atomic E-state index is -0.793. The van der Waals surface area contributed by atoms with Crippen LogP contribution in [0.3, 0.4) is 0 Å². The van der Waals surface area contributed by atoms with Gasteiger partial charge in [-0.2, -0.15) is 0 Å². The normalized spacial score (nSPS) is 13.6. The minimum absolute atomic E-state index is 0.0636. The van der Waals surface area contributed by atoms with Crippen molar-refractivity contribution in [1.29, 1.82) is 0 Å². The fourth-order valence-corrected chi connectivity index (χ4v) is 8.02. The van der Waals surface area contributed by atoms with Crippen molar-refractivity contribution in [3.8, 4) is 0 Å². The number of ether oxygens (including phenoxy) is 1. The molecule has 0 aliphatic carbocycles. The van der Waals surface area contributed by atoms with E-state index in [2.05, 4.69) is 74.7 Å². The number of amides is 1. The Labute approximate surface area is 385 Å². The van der Waals surface area contributed by atoms with Crippen LogP contribution in [0.5, 0.6) is 0 Å². The van der Waals surface area contributed by atoms with Crippen LogP contribution in [-0.4, -0.2) is 46.9 Å². The Balaban J connectivity index is 4.62. The molecule has 0 saturated heterocycles. The van der Waals surface area contributed by atoms with Crippen molar-refractivity contribution in [2.45, 2.75) is 289 Å². The van der Waals surface area contributed by atoms with Gasteiger partial charge in [-0.15, -0.1) is 0 Å². The van der Waals surface area contributed by atoms with E-state index in [1.807, 2.05) is 0 Å². The van der Waals surface area contributed by atoms with Gasteiger partial charge < -0.3 is 20.3 Å². The standard InChI is InChI=1S/C56H103NO5/c1-4-7-10-13-16-19-22-24-26-27-29-31-34-37-40-43-46-49-56(61)62-52(47-44-41-38-35-33-30-28-25-23-20-17-14-11-8-5-2)50-55(60)57-53(51-58)54(59)48-45-42-39-36-32-21-18-15-12-9-6-3/h16,19,24-26,28-29,31,52-54,58-59H,4-15,17-18,20-23,27,30,32-51H2,1-3H3,(H,57,60)/b19-16-,26-24-,28-25+,31-29-. The first-order valence-electron chi connectivity index (χ1n) is 26.9. The molecule has 0 aromatic rings. The summed E-state index contributed by atoms with van der Waals surface area (Å²) in [7, 11) is 0. The summed E-state index contributed by atoms with van der Waals surface area (Å²) >= 11 is 0. The number of carbonyl (C=O) groups excluding carboxylic acids is 2. The van der Waals surface area contributed by atoms with Crippen LogP contribution in [0.2, 0.25) is 0 Å². The number of aliphatic hydroxyl groups excluding tert-OH is 2. The molecule has 0 radical (unpaired) electrons. The lowest BCUT2D eigenvalue weighted by molar-refractivity contribution is -0.151. The minimum Gasteiger partial charge on any atom is -0.462 e. The number of aliphatic hydroxyl groups is 2. The van der Waals surface area contributed by atoms with Crippen molar-refractivity contribution in [3.05, 3.63) is 48.6 Å². The lowest BCUT2D eigenvalue weighted by atomic mass is 10.0. The number of unbranched alkanes of at least 4 members (excludes halogenated alkanes) is 28. The van der Waals surface area contributed by atoms with Gasteiger partial charge in [-0.1, -0.05) is 217 Å². The van der Waals surface area contributed by atoms with Crippen molar-refractivity contribution in [3.63, 3.8) is 0 Å². The van der Waals surface area contributed by atoms with E-state index in [4.69, 9.17) is 4.74 Å². The summed E-state index contributed by atoms with van der Waals surface area (Å²) < 4.78 is 5.93. The summed E-state index contributed by atoms with van der Waals surface area (Å²) in [5, 5.41) is 23.8. The Hall–Kier alpha value is -2.18. The van der Waals surface area contributed by atoms with Gasteiger partial charge in [-0.3, -0.25) is 9.59 Å². The second-order valence-corrected chi connectivity index (χ2v) is 18.3. The number of allylic oxidation sites excluding steroid dienone is 8. The maximum absolute atomic E-state index is 13.2. The van der Waals surface area contributed by atoms with Crippen molar-refractivity contribution >= 4 is 11.9 Å². The van der Waals surface area contributed by atoms with E-state index in [-0.39, 0.29) is 24.9 Å². The van der Waals surface area contributed by atoms with E-state index in [0.717, 1.165) is 89.9 Å². The molecule has 1 amide bonds. The van der Waals surface area contributed by atoms with Crippen LogP contribution < -0.4 is 5.32 Å². The number of rotatable bonds is 48. The summed E-state index contributed by atoms with van der Waals surface area (Å²) in [5.41, 5.74) is 0. The summed E-state index contributed by atoms with van der Waals surface area (Å²) in [5.74, 6) is -0.501. The quantitative estimate of drug-likeness (QED) is 0.0322. The second-order valence-electron chi connectivity index (χ2n) is 18.3. The smallest absolute Gasteiger partial charge is 0.306 e. The molecule has 0 aromatic carbocycles. The third-order valence-corrected chi connectivity index (χ3v) is 12.1. The van der Waals surface area contributed by atoms with Gasteiger partial charge in [0.15, 0.2) is 0 Å². The number of carbonyl (C=O) groups is 2. The lowest BCUT2D eigenvalue weighted by Gasteiger charge is -2.24. The molecular formula is C56H103NO5.